The largest absolute Gasteiger partial charge is 0.331 e. The Labute approximate surface area is 143 Å². The van der Waals surface area contributed by atoms with Crippen LogP contribution >= 0.6 is 0 Å². The fourth-order valence-corrected chi connectivity index (χ4v) is 3.13. The maximum Gasteiger partial charge on any atom is 0.258 e. The van der Waals surface area contributed by atoms with Gasteiger partial charge in [-0.15, -0.1) is 0 Å². The second-order valence-electron chi connectivity index (χ2n) is 6.02. The van der Waals surface area contributed by atoms with Gasteiger partial charge >= 0.3 is 0 Å². The van der Waals surface area contributed by atoms with E-state index in [-0.39, 0.29) is 23.6 Å². The average molecular weight is 339 g/mol. The maximum absolute atomic E-state index is 13.5. The Morgan fingerprint density at radius 2 is 1.92 bits per heavy atom. The minimum atomic E-state index is -0.376. The van der Waals surface area contributed by atoms with Gasteiger partial charge in [0.15, 0.2) is 0 Å². The van der Waals surface area contributed by atoms with Crippen molar-refractivity contribution >= 4 is 5.91 Å². The zero-order valence-electron chi connectivity index (χ0n) is 13.2. The molecule has 1 saturated heterocycles. The molecular formula is C19H15F2N3O. The second kappa shape index (κ2) is 6.12. The number of rotatable bonds is 3. The van der Waals surface area contributed by atoms with Crippen LogP contribution in [0, 0.1) is 11.6 Å². The minimum Gasteiger partial charge on any atom is -0.331 e. The van der Waals surface area contributed by atoms with E-state index in [0.717, 1.165) is 12.0 Å². The predicted molar refractivity (Wildman–Crippen MR) is 88.8 cm³/mol. The molecule has 1 aromatic heterocycles. The van der Waals surface area contributed by atoms with Gasteiger partial charge in [0.25, 0.3) is 5.91 Å². The van der Waals surface area contributed by atoms with Gasteiger partial charge in [-0.05, 0) is 36.2 Å². The van der Waals surface area contributed by atoms with Gasteiger partial charge < -0.3 is 4.90 Å². The highest BCUT2D eigenvalue weighted by Crippen LogP contribution is 2.35. The molecule has 0 aliphatic carbocycles. The molecule has 0 spiro atoms. The van der Waals surface area contributed by atoms with Gasteiger partial charge in [-0.1, -0.05) is 24.3 Å². The lowest BCUT2D eigenvalue weighted by Crippen LogP contribution is -2.45. The van der Waals surface area contributed by atoms with E-state index in [1.165, 1.54) is 30.5 Å². The van der Waals surface area contributed by atoms with Crippen molar-refractivity contribution in [2.75, 3.05) is 6.54 Å². The average Bonchev–Trinajstić information content (AvgIpc) is 3.05. The normalized spacial score (nSPS) is 16.6. The summed E-state index contributed by atoms with van der Waals surface area (Å²) in [6, 6.07) is 12.1. The standard InChI is InChI=1S/C19H15F2N3O/c20-14-6-4-12(5-7-14)17-8-9-24(17)19(25)16-11-22-23-18(16)13-2-1-3-15(21)10-13/h1-7,10-11,17H,8-9H2,(H,22,23)/t17-/m1/s1. The van der Waals surface area contributed by atoms with Crippen LogP contribution in [-0.4, -0.2) is 27.5 Å². The Balaban J connectivity index is 1.62. The summed E-state index contributed by atoms with van der Waals surface area (Å²) in [5.74, 6) is -0.851. The summed E-state index contributed by atoms with van der Waals surface area (Å²) in [5, 5.41) is 6.74. The molecule has 1 N–H and O–H groups in total. The third-order valence-corrected chi connectivity index (χ3v) is 4.52. The molecule has 1 aliphatic heterocycles. The van der Waals surface area contributed by atoms with Crippen LogP contribution in [0.2, 0.25) is 0 Å². The number of aromatic nitrogens is 2. The first-order valence-corrected chi connectivity index (χ1v) is 7.99. The minimum absolute atomic E-state index is 0.0802. The predicted octanol–water partition coefficient (Wildman–Crippen LogP) is 3.94. The van der Waals surface area contributed by atoms with E-state index in [2.05, 4.69) is 10.2 Å². The summed E-state index contributed by atoms with van der Waals surface area (Å²) in [6.07, 6.45) is 2.28. The highest BCUT2D eigenvalue weighted by molar-refractivity contribution is 6.00. The van der Waals surface area contributed by atoms with Crippen molar-refractivity contribution in [3.63, 3.8) is 0 Å². The van der Waals surface area contributed by atoms with Crippen molar-refractivity contribution in [1.82, 2.24) is 15.1 Å². The fraction of sp³-hybridized carbons (Fsp3) is 0.158. The summed E-state index contributed by atoms with van der Waals surface area (Å²) >= 11 is 0. The molecule has 1 fully saturated rings. The molecule has 0 bridgehead atoms. The van der Waals surface area contributed by atoms with Gasteiger partial charge in [-0.3, -0.25) is 9.89 Å². The Bertz CT molecular complexity index is 920. The molecule has 126 valence electrons. The van der Waals surface area contributed by atoms with E-state index in [0.29, 0.717) is 23.4 Å². The number of halogens is 2. The molecule has 4 nitrogen and oxygen atoms in total. The Morgan fingerprint density at radius 3 is 2.60 bits per heavy atom. The van der Waals surface area contributed by atoms with Crippen LogP contribution in [-0.2, 0) is 0 Å². The van der Waals surface area contributed by atoms with E-state index < -0.39 is 0 Å². The number of amides is 1. The number of benzene rings is 2. The summed E-state index contributed by atoms with van der Waals surface area (Å²) in [7, 11) is 0. The first-order chi connectivity index (χ1) is 12.1. The monoisotopic (exact) mass is 339 g/mol. The zero-order chi connectivity index (χ0) is 17.4. The molecule has 1 amide bonds. The van der Waals surface area contributed by atoms with Crippen molar-refractivity contribution in [3.8, 4) is 11.3 Å². The number of likely N-dealkylation sites (tertiary alicyclic amines) is 1. The van der Waals surface area contributed by atoms with E-state index in [4.69, 9.17) is 0 Å². The number of H-pyrrole nitrogens is 1. The quantitative estimate of drug-likeness (QED) is 0.786. The van der Waals surface area contributed by atoms with Gasteiger partial charge in [-0.25, -0.2) is 8.78 Å². The third kappa shape index (κ3) is 2.80. The Hall–Kier alpha value is -3.02. The van der Waals surface area contributed by atoms with Gasteiger partial charge in [0, 0.05) is 12.1 Å². The van der Waals surface area contributed by atoms with Crippen LogP contribution < -0.4 is 0 Å². The second-order valence-corrected chi connectivity index (χ2v) is 6.02. The van der Waals surface area contributed by atoms with Gasteiger partial charge in [0.2, 0.25) is 0 Å². The van der Waals surface area contributed by atoms with Crippen LogP contribution in [0.1, 0.15) is 28.4 Å². The van der Waals surface area contributed by atoms with Crippen molar-refractivity contribution in [2.45, 2.75) is 12.5 Å². The number of aromatic amines is 1. The molecule has 0 radical (unpaired) electrons. The van der Waals surface area contributed by atoms with Crippen LogP contribution in [0.3, 0.4) is 0 Å². The van der Waals surface area contributed by atoms with Gasteiger partial charge in [-0.2, -0.15) is 5.10 Å². The lowest BCUT2D eigenvalue weighted by atomic mass is 9.93. The van der Waals surface area contributed by atoms with Gasteiger partial charge in [0.1, 0.15) is 11.6 Å². The molecule has 0 unspecified atom stereocenters. The van der Waals surface area contributed by atoms with E-state index >= 15 is 0 Å². The molecule has 2 aromatic carbocycles. The van der Waals surface area contributed by atoms with E-state index in [1.807, 2.05) is 0 Å². The highest BCUT2D eigenvalue weighted by Gasteiger charge is 2.35. The topological polar surface area (TPSA) is 49.0 Å². The molecule has 2 heterocycles. The molecule has 0 saturated carbocycles. The van der Waals surface area contributed by atoms with Crippen LogP contribution in [0.5, 0.6) is 0 Å². The SMILES string of the molecule is O=C(c1cn[nH]c1-c1cccc(F)c1)N1CC[C@@H]1c1ccc(F)cc1. The lowest BCUT2D eigenvalue weighted by molar-refractivity contribution is 0.0461. The summed E-state index contributed by atoms with van der Waals surface area (Å²) in [4.78, 5) is 14.6. The number of hydrogen-bond acceptors (Lipinski definition) is 2. The number of carbonyl (C=O) groups is 1. The smallest absolute Gasteiger partial charge is 0.258 e. The lowest BCUT2D eigenvalue weighted by Gasteiger charge is -2.41. The third-order valence-electron chi connectivity index (χ3n) is 4.52. The van der Waals surface area contributed by atoms with Crippen LogP contribution in [0.15, 0.2) is 54.7 Å². The summed E-state index contributed by atoms with van der Waals surface area (Å²) < 4.78 is 26.6. The first kappa shape index (κ1) is 15.5. The molecule has 1 atom stereocenters. The van der Waals surface area contributed by atoms with Crippen LogP contribution in [0.4, 0.5) is 8.78 Å². The molecule has 3 aromatic rings. The Kier molecular flexibility index (Phi) is 3.80. The molecule has 25 heavy (non-hydrogen) atoms. The highest BCUT2D eigenvalue weighted by atomic mass is 19.1. The molecule has 1 aliphatic rings. The molecule has 4 rings (SSSR count). The number of carbonyl (C=O) groups excluding carboxylic acids is 1. The van der Waals surface area contributed by atoms with Crippen molar-refractivity contribution < 1.29 is 13.6 Å². The van der Waals surface area contributed by atoms with Crippen LogP contribution in [0.25, 0.3) is 11.3 Å². The number of nitrogens with one attached hydrogen (secondary N) is 1. The number of nitrogens with zero attached hydrogens (tertiary/aromatic N) is 2. The summed E-state index contributed by atoms with van der Waals surface area (Å²) in [6.45, 7) is 0.620. The van der Waals surface area contributed by atoms with Crippen molar-refractivity contribution in [1.29, 1.82) is 0 Å². The number of hydrogen-bond donors (Lipinski definition) is 1. The van der Waals surface area contributed by atoms with Crippen molar-refractivity contribution in [2.24, 2.45) is 0 Å². The maximum atomic E-state index is 13.5. The van der Waals surface area contributed by atoms with Gasteiger partial charge in [0.05, 0.1) is 23.5 Å². The molecular weight excluding hydrogens is 324 g/mol. The zero-order valence-corrected chi connectivity index (χ0v) is 13.2. The van der Waals surface area contributed by atoms with Crippen molar-refractivity contribution in [3.05, 3.63) is 77.5 Å². The molecule has 6 heteroatoms. The summed E-state index contributed by atoms with van der Waals surface area (Å²) in [5.41, 5.74) is 2.36. The first-order valence-electron chi connectivity index (χ1n) is 7.99. The van der Waals surface area contributed by atoms with E-state index in [1.54, 1.807) is 29.2 Å². The Morgan fingerprint density at radius 1 is 1.12 bits per heavy atom. The fourth-order valence-electron chi connectivity index (χ4n) is 3.13. The van der Waals surface area contributed by atoms with E-state index in [9.17, 15) is 13.6 Å².